The van der Waals surface area contributed by atoms with Crippen LogP contribution in [0.15, 0.2) is 73.2 Å². The molecule has 0 saturated carbocycles. The van der Waals surface area contributed by atoms with Gasteiger partial charge in [-0.15, -0.1) is 0 Å². The SMILES string of the molecule is Cc1ccc(-c2cc(Oc3ncccn3)cc(C(=O)N[C@H](C)c3ccc(C)nc3)c2)c(C#N)c1. The van der Waals surface area contributed by atoms with Crippen molar-refractivity contribution in [2.24, 2.45) is 0 Å². The van der Waals surface area contributed by atoms with Crippen molar-refractivity contribution in [1.29, 1.82) is 5.26 Å². The number of aryl methyl sites for hydroxylation is 2. The van der Waals surface area contributed by atoms with Crippen molar-refractivity contribution in [3.63, 3.8) is 0 Å². The highest BCUT2D eigenvalue weighted by atomic mass is 16.5. The van der Waals surface area contributed by atoms with Crippen LogP contribution in [0.5, 0.6) is 11.8 Å². The average Bonchev–Trinajstić information content (AvgIpc) is 2.84. The molecule has 0 unspecified atom stereocenters. The minimum absolute atomic E-state index is 0.162. The Morgan fingerprint density at radius 3 is 2.53 bits per heavy atom. The highest BCUT2D eigenvalue weighted by Crippen LogP contribution is 2.31. The number of nitrogens with zero attached hydrogens (tertiary/aromatic N) is 4. The fourth-order valence-corrected chi connectivity index (χ4v) is 3.49. The van der Waals surface area contributed by atoms with Gasteiger partial charge in [-0.2, -0.15) is 5.26 Å². The van der Waals surface area contributed by atoms with E-state index in [2.05, 4.69) is 26.3 Å². The summed E-state index contributed by atoms with van der Waals surface area (Å²) in [5.41, 5.74) is 5.07. The number of hydrogen-bond acceptors (Lipinski definition) is 6. The summed E-state index contributed by atoms with van der Waals surface area (Å²) in [6.45, 7) is 5.74. The summed E-state index contributed by atoms with van der Waals surface area (Å²) < 4.78 is 5.84. The maximum absolute atomic E-state index is 13.2. The highest BCUT2D eigenvalue weighted by Gasteiger charge is 2.16. The van der Waals surface area contributed by atoms with Crippen molar-refractivity contribution >= 4 is 5.91 Å². The Kier molecular flexibility index (Phi) is 6.60. The number of aromatic nitrogens is 3. The van der Waals surface area contributed by atoms with Gasteiger partial charge in [0.15, 0.2) is 0 Å². The van der Waals surface area contributed by atoms with E-state index in [9.17, 15) is 10.1 Å². The number of pyridine rings is 1. The number of carbonyl (C=O) groups is 1. The van der Waals surface area contributed by atoms with E-state index in [1.54, 1.807) is 42.9 Å². The molecule has 2 aromatic carbocycles. The lowest BCUT2D eigenvalue weighted by Gasteiger charge is -2.16. The first-order chi connectivity index (χ1) is 16.4. The molecule has 1 N–H and O–H groups in total. The number of benzene rings is 2. The number of nitrogens with one attached hydrogen (secondary N) is 1. The summed E-state index contributed by atoms with van der Waals surface area (Å²) in [6, 6.07) is 18.5. The predicted octanol–water partition coefficient (Wildman–Crippen LogP) is 5.31. The van der Waals surface area contributed by atoms with Crippen LogP contribution in [0.2, 0.25) is 0 Å². The smallest absolute Gasteiger partial charge is 0.321 e. The first kappa shape index (κ1) is 22.6. The molecule has 0 saturated heterocycles. The molecule has 0 bridgehead atoms. The van der Waals surface area contributed by atoms with E-state index in [-0.39, 0.29) is 18.0 Å². The largest absolute Gasteiger partial charge is 0.424 e. The first-order valence-corrected chi connectivity index (χ1v) is 10.8. The molecule has 2 heterocycles. The molecule has 34 heavy (non-hydrogen) atoms. The molecule has 7 heteroatoms. The van der Waals surface area contributed by atoms with Gasteiger partial charge in [-0.3, -0.25) is 9.78 Å². The molecule has 0 spiro atoms. The van der Waals surface area contributed by atoms with Crippen molar-refractivity contribution in [2.45, 2.75) is 26.8 Å². The van der Waals surface area contributed by atoms with E-state index in [4.69, 9.17) is 4.74 Å². The topological polar surface area (TPSA) is 101 Å². The Morgan fingerprint density at radius 2 is 1.82 bits per heavy atom. The number of amides is 1. The molecule has 4 rings (SSSR count). The van der Waals surface area contributed by atoms with Gasteiger partial charge in [0.25, 0.3) is 5.91 Å². The summed E-state index contributed by atoms with van der Waals surface area (Å²) in [6.07, 6.45) is 4.90. The highest BCUT2D eigenvalue weighted by molar-refractivity contribution is 5.96. The molecule has 1 atom stereocenters. The van der Waals surface area contributed by atoms with Crippen LogP contribution in [-0.2, 0) is 0 Å². The van der Waals surface area contributed by atoms with Gasteiger partial charge in [-0.1, -0.05) is 18.2 Å². The molecule has 0 aliphatic heterocycles. The third kappa shape index (κ3) is 5.25. The molecule has 0 aliphatic carbocycles. The van der Waals surface area contributed by atoms with E-state index in [0.717, 1.165) is 16.8 Å². The molecule has 2 aromatic heterocycles. The molecular formula is C27H23N5O2. The Bertz CT molecular complexity index is 1360. The summed E-state index contributed by atoms with van der Waals surface area (Å²) in [5.74, 6) is 0.113. The third-order valence-electron chi connectivity index (χ3n) is 5.31. The van der Waals surface area contributed by atoms with Gasteiger partial charge >= 0.3 is 6.01 Å². The summed E-state index contributed by atoms with van der Waals surface area (Å²) >= 11 is 0. The molecule has 4 aromatic rings. The normalized spacial score (nSPS) is 11.4. The number of hydrogen-bond donors (Lipinski definition) is 1. The Labute approximate surface area is 198 Å². The van der Waals surface area contributed by atoms with Crippen molar-refractivity contribution < 1.29 is 9.53 Å². The molecular weight excluding hydrogens is 426 g/mol. The van der Waals surface area contributed by atoms with Crippen LogP contribution in [0.3, 0.4) is 0 Å². The van der Waals surface area contributed by atoms with E-state index >= 15 is 0 Å². The van der Waals surface area contributed by atoms with Crippen LogP contribution in [0, 0.1) is 25.2 Å². The number of nitriles is 1. The number of carbonyl (C=O) groups excluding carboxylic acids is 1. The van der Waals surface area contributed by atoms with Crippen LogP contribution in [0.1, 0.15) is 45.7 Å². The molecule has 1 amide bonds. The van der Waals surface area contributed by atoms with Crippen LogP contribution in [0.4, 0.5) is 0 Å². The second-order valence-corrected chi connectivity index (χ2v) is 7.97. The van der Waals surface area contributed by atoms with Gasteiger partial charge in [0.1, 0.15) is 5.75 Å². The van der Waals surface area contributed by atoms with Gasteiger partial charge in [0.05, 0.1) is 17.7 Å². The minimum atomic E-state index is -0.278. The van der Waals surface area contributed by atoms with Crippen molar-refractivity contribution in [2.75, 3.05) is 0 Å². The maximum Gasteiger partial charge on any atom is 0.321 e. The van der Waals surface area contributed by atoms with Crippen LogP contribution >= 0.6 is 0 Å². The Balaban J connectivity index is 1.71. The zero-order chi connectivity index (χ0) is 24.1. The first-order valence-electron chi connectivity index (χ1n) is 10.8. The summed E-state index contributed by atoms with van der Waals surface area (Å²) in [5, 5.41) is 12.7. The summed E-state index contributed by atoms with van der Waals surface area (Å²) in [7, 11) is 0. The van der Waals surface area contributed by atoms with Crippen molar-refractivity contribution in [1.82, 2.24) is 20.3 Å². The molecule has 168 valence electrons. The molecule has 0 radical (unpaired) electrons. The quantitative estimate of drug-likeness (QED) is 0.428. The number of ether oxygens (including phenoxy) is 1. The standard InChI is InChI=1S/C27H23N5O2/c1-17-5-8-25(23(11-17)15-28)21-12-22(14-24(13-21)34-27-29-9-4-10-30-27)26(33)32-19(3)20-7-6-18(2)31-16-20/h4-14,16,19H,1-3H3,(H,32,33)/t19-/m1/s1. The van der Waals surface area contributed by atoms with E-state index in [1.165, 1.54) is 0 Å². The maximum atomic E-state index is 13.2. The zero-order valence-electron chi connectivity index (χ0n) is 19.1. The lowest BCUT2D eigenvalue weighted by atomic mass is 9.96. The number of rotatable bonds is 6. The van der Waals surface area contributed by atoms with Crippen molar-refractivity contribution in [3.05, 3.63) is 101 Å². The lowest BCUT2D eigenvalue weighted by molar-refractivity contribution is 0.0939. The third-order valence-corrected chi connectivity index (χ3v) is 5.31. The van der Waals surface area contributed by atoms with Gasteiger partial charge < -0.3 is 10.1 Å². The summed E-state index contributed by atoms with van der Waals surface area (Å²) in [4.78, 5) is 25.7. The molecule has 7 nitrogen and oxygen atoms in total. The van der Waals surface area contributed by atoms with Crippen LogP contribution in [-0.4, -0.2) is 20.9 Å². The van der Waals surface area contributed by atoms with Gasteiger partial charge in [-0.05, 0) is 79.4 Å². The Morgan fingerprint density at radius 1 is 1.03 bits per heavy atom. The van der Waals surface area contributed by atoms with E-state index < -0.39 is 0 Å². The Hall–Kier alpha value is -4.57. The van der Waals surface area contributed by atoms with Crippen LogP contribution < -0.4 is 10.1 Å². The second kappa shape index (κ2) is 9.92. The molecule has 0 fully saturated rings. The van der Waals surface area contributed by atoms with Crippen molar-refractivity contribution in [3.8, 4) is 29.0 Å². The predicted molar refractivity (Wildman–Crippen MR) is 128 cm³/mol. The fourth-order valence-electron chi connectivity index (χ4n) is 3.49. The molecule has 0 aliphatic rings. The van der Waals surface area contributed by atoms with Gasteiger partial charge in [0, 0.05) is 29.8 Å². The fraction of sp³-hybridized carbons (Fsp3) is 0.148. The van der Waals surface area contributed by atoms with Gasteiger partial charge in [0.2, 0.25) is 0 Å². The average molecular weight is 450 g/mol. The lowest BCUT2D eigenvalue weighted by Crippen LogP contribution is -2.26. The minimum Gasteiger partial charge on any atom is -0.424 e. The van der Waals surface area contributed by atoms with Gasteiger partial charge in [-0.25, -0.2) is 9.97 Å². The van der Waals surface area contributed by atoms with E-state index in [0.29, 0.717) is 28.0 Å². The zero-order valence-corrected chi connectivity index (χ0v) is 19.1. The second-order valence-electron chi connectivity index (χ2n) is 7.97. The van der Waals surface area contributed by atoms with Crippen LogP contribution in [0.25, 0.3) is 11.1 Å². The monoisotopic (exact) mass is 449 g/mol. The van der Waals surface area contributed by atoms with E-state index in [1.807, 2.05) is 51.1 Å².